The van der Waals surface area contributed by atoms with E-state index in [0.29, 0.717) is 10.9 Å². The largest absolute Gasteiger partial charge is 0.390 e. The highest BCUT2D eigenvalue weighted by atomic mass is 35.5. The van der Waals surface area contributed by atoms with Gasteiger partial charge in [-0.25, -0.2) is 4.98 Å². The monoisotopic (exact) mass is 305 g/mol. The second-order valence-electron chi connectivity index (χ2n) is 6.28. The summed E-state index contributed by atoms with van der Waals surface area (Å²) in [6.45, 7) is 5.60. The van der Waals surface area contributed by atoms with Crippen molar-refractivity contribution in [3.63, 3.8) is 0 Å². The van der Waals surface area contributed by atoms with Crippen LogP contribution in [0.15, 0.2) is 24.4 Å². The van der Waals surface area contributed by atoms with Crippen LogP contribution in [-0.4, -0.2) is 33.8 Å². The number of fused-ring (bicyclic) bond motifs is 1. The number of benzene rings is 1. The van der Waals surface area contributed by atoms with E-state index in [0.717, 1.165) is 42.8 Å². The maximum Gasteiger partial charge on any atom is 0.147 e. The Hall–Kier alpha value is -1.39. The first-order valence-corrected chi connectivity index (χ1v) is 7.71. The zero-order valence-corrected chi connectivity index (χ0v) is 13.1. The second kappa shape index (κ2) is 5.43. The van der Waals surface area contributed by atoms with E-state index in [4.69, 9.17) is 11.6 Å². The van der Waals surface area contributed by atoms with Gasteiger partial charge in [-0.1, -0.05) is 11.6 Å². The summed E-state index contributed by atoms with van der Waals surface area (Å²) in [5, 5.41) is 10.8. The van der Waals surface area contributed by atoms with Gasteiger partial charge >= 0.3 is 0 Å². The van der Waals surface area contributed by atoms with Gasteiger partial charge in [0.2, 0.25) is 0 Å². The van der Waals surface area contributed by atoms with E-state index in [2.05, 4.69) is 14.9 Å². The highest BCUT2D eigenvalue weighted by molar-refractivity contribution is 6.31. The molecule has 2 heterocycles. The first kappa shape index (κ1) is 14.5. The van der Waals surface area contributed by atoms with Crippen molar-refractivity contribution in [1.29, 1.82) is 0 Å². The summed E-state index contributed by atoms with van der Waals surface area (Å²) in [6.07, 6.45) is 3.76. The molecule has 3 rings (SSSR count). The molecule has 0 amide bonds. The fourth-order valence-electron chi connectivity index (χ4n) is 2.94. The van der Waals surface area contributed by atoms with Gasteiger partial charge in [0, 0.05) is 18.1 Å². The fourth-order valence-corrected chi connectivity index (χ4v) is 3.11. The molecule has 5 heteroatoms. The zero-order valence-electron chi connectivity index (χ0n) is 12.4. The number of rotatable bonds is 2. The number of nitrogens with zero attached hydrogens (tertiary/aromatic N) is 3. The Morgan fingerprint density at radius 1 is 1.24 bits per heavy atom. The van der Waals surface area contributed by atoms with Crippen LogP contribution < -0.4 is 4.90 Å². The Labute approximate surface area is 129 Å². The molecule has 2 aromatic rings. The normalized spacial score (nSPS) is 17.4. The minimum absolute atomic E-state index is 0.348. The SMILES string of the molecule is CC(C)(O)C1CCN(c2cnc3cc(Cl)ccc3n2)CC1. The van der Waals surface area contributed by atoms with Crippen molar-refractivity contribution in [3.05, 3.63) is 29.4 Å². The molecule has 1 aromatic heterocycles. The predicted octanol–water partition coefficient (Wildman–Crippen LogP) is 3.27. The standard InChI is InChI=1S/C16H20ClN3O/c1-16(2,21)11-5-7-20(8-6-11)15-10-18-14-9-12(17)3-4-13(14)19-15/h3-4,9-11,21H,5-8H2,1-2H3. The van der Waals surface area contributed by atoms with E-state index < -0.39 is 5.60 Å². The van der Waals surface area contributed by atoms with Crippen LogP contribution in [0.25, 0.3) is 11.0 Å². The van der Waals surface area contributed by atoms with Crippen LogP contribution in [-0.2, 0) is 0 Å². The lowest BCUT2D eigenvalue weighted by molar-refractivity contribution is 0.00646. The number of aromatic nitrogens is 2. The van der Waals surface area contributed by atoms with Gasteiger partial charge in [-0.15, -0.1) is 0 Å². The molecule has 21 heavy (non-hydrogen) atoms. The lowest BCUT2D eigenvalue weighted by atomic mass is 9.83. The van der Waals surface area contributed by atoms with E-state index in [9.17, 15) is 5.11 Å². The van der Waals surface area contributed by atoms with Crippen molar-refractivity contribution in [2.24, 2.45) is 5.92 Å². The van der Waals surface area contributed by atoms with Crippen molar-refractivity contribution >= 4 is 28.5 Å². The Morgan fingerprint density at radius 3 is 2.62 bits per heavy atom. The Balaban J connectivity index is 1.78. The zero-order chi connectivity index (χ0) is 15.0. The molecule has 0 atom stereocenters. The summed E-state index contributed by atoms with van der Waals surface area (Å²) in [7, 11) is 0. The topological polar surface area (TPSA) is 49.2 Å². The maximum absolute atomic E-state index is 10.1. The minimum Gasteiger partial charge on any atom is -0.390 e. The lowest BCUT2D eigenvalue weighted by Crippen LogP contribution is -2.42. The summed E-state index contributed by atoms with van der Waals surface area (Å²) < 4.78 is 0. The molecule has 0 aliphatic carbocycles. The van der Waals surface area contributed by atoms with Crippen LogP contribution in [0.2, 0.25) is 5.02 Å². The third-order valence-electron chi connectivity index (χ3n) is 4.31. The van der Waals surface area contributed by atoms with E-state index in [1.54, 1.807) is 0 Å². The quantitative estimate of drug-likeness (QED) is 0.925. The molecule has 1 aliphatic heterocycles. The molecule has 1 aromatic carbocycles. The van der Waals surface area contributed by atoms with Crippen molar-refractivity contribution in [2.75, 3.05) is 18.0 Å². The molecular formula is C16H20ClN3O. The molecule has 0 bridgehead atoms. The van der Waals surface area contributed by atoms with Crippen molar-refractivity contribution in [3.8, 4) is 0 Å². The van der Waals surface area contributed by atoms with Crippen LogP contribution in [0.1, 0.15) is 26.7 Å². The van der Waals surface area contributed by atoms with Crippen LogP contribution >= 0.6 is 11.6 Å². The van der Waals surface area contributed by atoms with Crippen molar-refractivity contribution in [1.82, 2.24) is 9.97 Å². The van der Waals surface area contributed by atoms with Crippen molar-refractivity contribution in [2.45, 2.75) is 32.3 Å². The van der Waals surface area contributed by atoms with E-state index in [1.807, 2.05) is 38.2 Å². The molecule has 0 saturated carbocycles. The molecule has 112 valence electrons. The van der Waals surface area contributed by atoms with Gasteiger partial charge < -0.3 is 10.0 Å². The smallest absolute Gasteiger partial charge is 0.147 e. The molecule has 1 aliphatic rings. The summed E-state index contributed by atoms with van der Waals surface area (Å²) in [4.78, 5) is 11.4. The Morgan fingerprint density at radius 2 is 1.95 bits per heavy atom. The second-order valence-corrected chi connectivity index (χ2v) is 6.71. The summed E-state index contributed by atoms with van der Waals surface area (Å²) >= 11 is 5.96. The van der Waals surface area contributed by atoms with Gasteiger partial charge in [0.05, 0.1) is 22.8 Å². The van der Waals surface area contributed by atoms with Crippen LogP contribution in [0.3, 0.4) is 0 Å². The number of piperidine rings is 1. The number of hydrogen-bond donors (Lipinski definition) is 1. The molecule has 4 nitrogen and oxygen atoms in total. The molecule has 1 fully saturated rings. The lowest BCUT2D eigenvalue weighted by Gasteiger charge is -2.38. The predicted molar refractivity (Wildman–Crippen MR) is 85.8 cm³/mol. The summed E-state index contributed by atoms with van der Waals surface area (Å²) in [5.41, 5.74) is 1.08. The van der Waals surface area contributed by atoms with Crippen LogP contribution in [0.5, 0.6) is 0 Å². The first-order valence-electron chi connectivity index (χ1n) is 7.33. The van der Waals surface area contributed by atoms with Crippen molar-refractivity contribution < 1.29 is 5.11 Å². The highest BCUT2D eigenvalue weighted by Crippen LogP contribution is 2.30. The van der Waals surface area contributed by atoms with E-state index >= 15 is 0 Å². The molecule has 0 spiro atoms. The summed E-state index contributed by atoms with van der Waals surface area (Å²) in [6, 6.07) is 5.56. The van der Waals surface area contributed by atoms with Gasteiger partial charge in [-0.05, 0) is 50.8 Å². The van der Waals surface area contributed by atoms with Gasteiger partial charge in [0.1, 0.15) is 5.82 Å². The number of hydrogen-bond acceptors (Lipinski definition) is 4. The van der Waals surface area contributed by atoms with E-state index in [-0.39, 0.29) is 0 Å². The Bertz CT molecular complexity index is 646. The number of anilines is 1. The van der Waals surface area contributed by atoms with Gasteiger partial charge in [0.15, 0.2) is 0 Å². The van der Waals surface area contributed by atoms with Crippen LogP contribution in [0.4, 0.5) is 5.82 Å². The summed E-state index contributed by atoms with van der Waals surface area (Å²) in [5.74, 6) is 1.25. The third-order valence-corrected chi connectivity index (χ3v) is 4.54. The average molecular weight is 306 g/mol. The van der Waals surface area contributed by atoms with Gasteiger partial charge in [-0.3, -0.25) is 4.98 Å². The maximum atomic E-state index is 10.1. The molecule has 1 N–H and O–H groups in total. The molecule has 1 saturated heterocycles. The Kier molecular flexibility index (Phi) is 3.76. The number of aliphatic hydroxyl groups is 1. The fraction of sp³-hybridized carbons (Fsp3) is 0.500. The van der Waals surface area contributed by atoms with E-state index in [1.165, 1.54) is 0 Å². The highest BCUT2D eigenvalue weighted by Gasteiger charge is 2.30. The minimum atomic E-state index is -0.599. The van der Waals surface area contributed by atoms with Gasteiger partial charge in [-0.2, -0.15) is 0 Å². The molecule has 0 unspecified atom stereocenters. The molecular weight excluding hydrogens is 286 g/mol. The first-order chi connectivity index (χ1) is 9.93. The average Bonchev–Trinajstić information content (AvgIpc) is 2.46. The third kappa shape index (κ3) is 3.11. The number of halogens is 1. The van der Waals surface area contributed by atoms with Gasteiger partial charge in [0.25, 0.3) is 0 Å². The van der Waals surface area contributed by atoms with Crippen LogP contribution in [0, 0.1) is 5.92 Å². The molecule has 0 radical (unpaired) electrons.